The lowest BCUT2D eigenvalue weighted by atomic mass is 10.3. The van der Waals surface area contributed by atoms with E-state index in [9.17, 15) is 9.18 Å². The van der Waals surface area contributed by atoms with Crippen LogP contribution in [0, 0.1) is 5.82 Å². The molecule has 1 heterocycles. The molecule has 1 aromatic heterocycles. The number of anilines is 2. The molecule has 4 nitrogen and oxygen atoms in total. The maximum absolute atomic E-state index is 13.2. The van der Waals surface area contributed by atoms with E-state index < -0.39 is 0 Å². The number of nitrogens with two attached hydrogens (primary N) is 1. The molecule has 0 atom stereocenters. The maximum Gasteiger partial charge on any atom is 0.272 e. The monoisotopic (exact) mass is 339 g/mol. The number of nitrogen functional groups attached to an aromatic ring is 1. The Morgan fingerprint density at radius 1 is 1.40 bits per heavy atom. The number of rotatable bonds is 3. The van der Waals surface area contributed by atoms with Gasteiger partial charge in [-0.05, 0) is 54.0 Å². The SMILES string of the molecule is CC(C)n1cc(N)cc1C(=O)Nc1ccc(F)c(Br)c1. The third-order valence-electron chi connectivity index (χ3n) is 2.84. The van der Waals surface area contributed by atoms with E-state index in [0.29, 0.717) is 21.5 Å². The lowest BCUT2D eigenvalue weighted by molar-refractivity contribution is 0.101. The van der Waals surface area contributed by atoms with Crippen LogP contribution in [0.2, 0.25) is 0 Å². The molecule has 0 aliphatic heterocycles. The summed E-state index contributed by atoms with van der Waals surface area (Å²) in [4.78, 5) is 12.3. The minimum Gasteiger partial charge on any atom is -0.397 e. The van der Waals surface area contributed by atoms with Crippen molar-refractivity contribution in [3.8, 4) is 0 Å². The highest BCUT2D eigenvalue weighted by atomic mass is 79.9. The Hall–Kier alpha value is -1.82. The number of amides is 1. The van der Waals surface area contributed by atoms with Crippen LogP contribution in [0.25, 0.3) is 0 Å². The molecule has 20 heavy (non-hydrogen) atoms. The van der Waals surface area contributed by atoms with Crippen LogP contribution in [0.3, 0.4) is 0 Å². The summed E-state index contributed by atoms with van der Waals surface area (Å²) in [5.41, 5.74) is 7.25. The maximum atomic E-state index is 13.2. The molecule has 1 amide bonds. The highest BCUT2D eigenvalue weighted by Crippen LogP contribution is 2.22. The molecule has 1 aromatic carbocycles. The van der Waals surface area contributed by atoms with Gasteiger partial charge in [-0.2, -0.15) is 0 Å². The third-order valence-corrected chi connectivity index (χ3v) is 3.44. The molecular formula is C14H15BrFN3O. The minimum atomic E-state index is -0.377. The minimum absolute atomic E-state index is 0.119. The van der Waals surface area contributed by atoms with Crippen LogP contribution in [-0.4, -0.2) is 10.5 Å². The van der Waals surface area contributed by atoms with Crippen molar-refractivity contribution in [2.45, 2.75) is 19.9 Å². The van der Waals surface area contributed by atoms with Gasteiger partial charge in [0.25, 0.3) is 5.91 Å². The molecule has 0 spiro atoms. The van der Waals surface area contributed by atoms with E-state index in [-0.39, 0.29) is 17.8 Å². The fourth-order valence-electron chi connectivity index (χ4n) is 1.88. The van der Waals surface area contributed by atoms with E-state index >= 15 is 0 Å². The highest BCUT2D eigenvalue weighted by molar-refractivity contribution is 9.10. The average Bonchev–Trinajstić information content (AvgIpc) is 2.76. The van der Waals surface area contributed by atoms with Crippen LogP contribution < -0.4 is 11.1 Å². The van der Waals surface area contributed by atoms with Crippen molar-refractivity contribution in [3.63, 3.8) is 0 Å². The number of nitrogens with one attached hydrogen (secondary N) is 1. The number of carbonyl (C=O) groups is 1. The van der Waals surface area contributed by atoms with E-state index in [1.807, 2.05) is 13.8 Å². The third kappa shape index (κ3) is 3.01. The van der Waals surface area contributed by atoms with Crippen LogP contribution in [0.1, 0.15) is 30.4 Å². The number of hydrogen-bond acceptors (Lipinski definition) is 2. The van der Waals surface area contributed by atoms with Crippen LogP contribution in [0.15, 0.2) is 34.9 Å². The number of aromatic nitrogens is 1. The largest absolute Gasteiger partial charge is 0.397 e. The molecule has 3 N–H and O–H groups in total. The summed E-state index contributed by atoms with van der Waals surface area (Å²) < 4.78 is 15.2. The molecule has 0 saturated carbocycles. The molecule has 2 aromatic rings. The summed E-state index contributed by atoms with van der Waals surface area (Å²) >= 11 is 3.08. The summed E-state index contributed by atoms with van der Waals surface area (Å²) in [6.45, 7) is 3.93. The van der Waals surface area contributed by atoms with Crippen LogP contribution >= 0.6 is 15.9 Å². The van der Waals surface area contributed by atoms with Crippen molar-refractivity contribution in [3.05, 3.63) is 46.4 Å². The zero-order valence-corrected chi connectivity index (χ0v) is 12.7. The summed E-state index contributed by atoms with van der Waals surface area (Å²) in [7, 11) is 0. The first-order chi connectivity index (χ1) is 9.38. The number of benzene rings is 1. The Kier molecular flexibility index (Phi) is 4.13. The second-order valence-electron chi connectivity index (χ2n) is 4.74. The zero-order valence-electron chi connectivity index (χ0n) is 11.2. The van der Waals surface area contributed by atoms with Gasteiger partial charge in [-0.3, -0.25) is 4.79 Å². The second kappa shape index (κ2) is 5.66. The lowest BCUT2D eigenvalue weighted by Gasteiger charge is -2.12. The van der Waals surface area contributed by atoms with Crippen molar-refractivity contribution in [2.24, 2.45) is 0 Å². The first-order valence-corrected chi connectivity index (χ1v) is 6.91. The summed E-state index contributed by atoms with van der Waals surface area (Å²) in [6.07, 6.45) is 1.72. The van der Waals surface area contributed by atoms with E-state index in [2.05, 4.69) is 21.2 Å². The Bertz CT molecular complexity index is 652. The Balaban J connectivity index is 2.26. The summed E-state index contributed by atoms with van der Waals surface area (Å²) in [6, 6.07) is 6.04. The average molecular weight is 340 g/mol. The van der Waals surface area contributed by atoms with Gasteiger partial charge in [0.1, 0.15) is 11.5 Å². The zero-order chi connectivity index (χ0) is 14.9. The van der Waals surface area contributed by atoms with Crippen LogP contribution in [0.4, 0.5) is 15.8 Å². The molecule has 0 fully saturated rings. The molecule has 0 radical (unpaired) electrons. The van der Waals surface area contributed by atoms with Gasteiger partial charge in [-0.15, -0.1) is 0 Å². The van der Waals surface area contributed by atoms with Crippen molar-refractivity contribution in [1.82, 2.24) is 4.57 Å². The first-order valence-electron chi connectivity index (χ1n) is 6.12. The molecule has 6 heteroatoms. The van der Waals surface area contributed by atoms with Gasteiger partial charge in [0, 0.05) is 17.9 Å². The van der Waals surface area contributed by atoms with Crippen molar-refractivity contribution in [2.75, 3.05) is 11.1 Å². The summed E-state index contributed by atoms with van der Waals surface area (Å²) in [5.74, 6) is -0.660. The summed E-state index contributed by atoms with van der Waals surface area (Å²) in [5, 5.41) is 2.72. The van der Waals surface area contributed by atoms with Crippen molar-refractivity contribution >= 4 is 33.2 Å². The topological polar surface area (TPSA) is 60.0 Å². The number of nitrogens with zero attached hydrogens (tertiary/aromatic N) is 1. The van der Waals surface area contributed by atoms with Gasteiger partial charge < -0.3 is 15.6 Å². The van der Waals surface area contributed by atoms with Gasteiger partial charge in [-0.1, -0.05) is 0 Å². The molecule has 0 aliphatic carbocycles. The van der Waals surface area contributed by atoms with E-state index in [0.717, 1.165) is 0 Å². The van der Waals surface area contributed by atoms with Crippen LogP contribution in [-0.2, 0) is 0 Å². The Morgan fingerprint density at radius 3 is 2.70 bits per heavy atom. The fourth-order valence-corrected chi connectivity index (χ4v) is 2.26. The molecule has 0 bridgehead atoms. The number of halogens is 2. The van der Waals surface area contributed by atoms with Gasteiger partial charge in [0.2, 0.25) is 0 Å². The quantitative estimate of drug-likeness (QED) is 0.893. The van der Waals surface area contributed by atoms with Gasteiger partial charge in [0.15, 0.2) is 0 Å². The normalized spacial score (nSPS) is 10.8. The van der Waals surface area contributed by atoms with Crippen molar-refractivity contribution in [1.29, 1.82) is 0 Å². The first kappa shape index (κ1) is 14.6. The van der Waals surface area contributed by atoms with Gasteiger partial charge >= 0.3 is 0 Å². The van der Waals surface area contributed by atoms with E-state index in [4.69, 9.17) is 5.73 Å². The molecule has 0 aliphatic rings. The molecular weight excluding hydrogens is 325 g/mol. The van der Waals surface area contributed by atoms with E-state index in [1.165, 1.54) is 18.2 Å². The Labute approximate surface area is 124 Å². The van der Waals surface area contributed by atoms with E-state index in [1.54, 1.807) is 16.8 Å². The van der Waals surface area contributed by atoms with Crippen molar-refractivity contribution < 1.29 is 9.18 Å². The predicted molar refractivity (Wildman–Crippen MR) is 81.3 cm³/mol. The number of carbonyl (C=O) groups excluding carboxylic acids is 1. The highest BCUT2D eigenvalue weighted by Gasteiger charge is 2.15. The van der Waals surface area contributed by atoms with Gasteiger partial charge in [-0.25, -0.2) is 4.39 Å². The molecule has 106 valence electrons. The molecule has 0 saturated heterocycles. The predicted octanol–water partition coefficient (Wildman–Crippen LogP) is 3.81. The molecule has 2 rings (SSSR count). The van der Waals surface area contributed by atoms with Gasteiger partial charge in [0.05, 0.1) is 10.2 Å². The lowest BCUT2D eigenvalue weighted by Crippen LogP contribution is -2.17. The van der Waals surface area contributed by atoms with Crippen LogP contribution in [0.5, 0.6) is 0 Å². The fraction of sp³-hybridized carbons (Fsp3) is 0.214. The smallest absolute Gasteiger partial charge is 0.272 e. The Morgan fingerprint density at radius 2 is 2.10 bits per heavy atom. The number of hydrogen-bond donors (Lipinski definition) is 2. The molecule has 0 unspecified atom stereocenters. The standard InChI is InChI=1S/C14H15BrFN3O/c1-8(2)19-7-9(17)5-13(19)14(20)18-10-3-4-12(16)11(15)6-10/h3-8H,17H2,1-2H3,(H,18,20). The second-order valence-corrected chi connectivity index (χ2v) is 5.60.